The highest BCUT2D eigenvalue weighted by Gasteiger charge is 2.51. The Morgan fingerprint density at radius 3 is 1.79 bits per heavy atom. The molecule has 0 aromatic heterocycles. The number of allylic oxidation sites excluding steroid dienone is 1. The first kappa shape index (κ1) is 27.5. The van der Waals surface area contributed by atoms with Crippen LogP contribution < -0.4 is 5.32 Å². The maximum Gasteiger partial charge on any atom is 0.243 e. The average Bonchev–Trinajstić information content (AvgIpc) is 2.62. The maximum atomic E-state index is 11.3. The van der Waals surface area contributed by atoms with Crippen LogP contribution in [0.25, 0.3) is 0 Å². The van der Waals surface area contributed by atoms with E-state index in [0.717, 1.165) is 19.3 Å². The number of nitrogens with one attached hydrogen (secondary N) is 1. The van der Waals surface area contributed by atoms with E-state index < -0.39 is 0 Å². The van der Waals surface area contributed by atoms with E-state index in [1.807, 2.05) is 0 Å². The van der Waals surface area contributed by atoms with E-state index in [4.69, 9.17) is 9.47 Å². The average molecular weight is 410 g/mol. The van der Waals surface area contributed by atoms with Crippen molar-refractivity contribution in [1.29, 1.82) is 0 Å². The molecular weight excluding hydrogens is 366 g/mol. The summed E-state index contributed by atoms with van der Waals surface area (Å²) in [7, 11) is 0. The largest absolute Gasteiger partial charge is 0.381 e. The van der Waals surface area contributed by atoms with Crippen molar-refractivity contribution in [3.05, 3.63) is 25.3 Å². The van der Waals surface area contributed by atoms with Gasteiger partial charge in [0.15, 0.2) is 5.78 Å². The number of amides is 1. The molecule has 0 saturated heterocycles. The Labute approximate surface area is 178 Å². The highest BCUT2D eigenvalue weighted by molar-refractivity contribution is 5.88. The summed E-state index contributed by atoms with van der Waals surface area (Å²) in [6.45, 7) is 23.3. The summed E-state index contributed by atoms with van der Waals surface area (Å²) in [6.07, 6.45) is 5.61. The third kappa shape index (κ3) is 9.72. The van der Waals surface area contributed by atoms with Crippen molar-refractivity contribution in [2.45, 2.75) is 67.2 Å². The molecule has 0 unspecified atom stereocenters. The number of unbranched alkanes of at least 4 members (excludes halogenated alkanes) is 1. The van der Waals surface area contributed by atoms with Gasteiger partial charge >= 0.3 is 0 Å². The smallest absolute Gasteiger partial charge is 0.243 e. The molecule has 5 nitrogen and oxygen atoms in total. The van der Waals surface area contributed by atoms with E-state index in [2.05, 4.69) is 60.0 Å². The Hall–Kier alpha value is -1.46. The number of carbonyl (C=O) groups is 2. The van der Waals surface area contributed by atoms with Gasteiger partial charge in [0.1, 0.15) is 0 Å². The Kier molecular flexibility index (Phi) is 12.3. The minimum atomic E-state index is -0.179. The normalized spacial score (nSPS) is 12.5. The van der Waals surface area contributed by atoms with E-state index in [0.29, 0.717) is 39.4 Å². The van der Waals surface area contributed by atoms with Crippen molar-refractivity contribution in [3.63, 3.8) is 0 Å². The predicted molar refractivity (Wildman–Crippen MR) is 120 cm³/mol. The van der Waals surface area contributed by atoms with Crippen LogP contribution in [0.2, 0.25) is 0 Å². The van der Waals surface area contributed by atoms with E-state index >= 15 is 0 Å². The quantitative estimate of drug-likeness (QED) is 0.314. The summed E-state index contributed by atoms with van der Waals surface area (Å²) < 4.78 is 12.2. The molecule has 0 spiro atoms. The van der Waals surface area contributed by atoms with Gasteiger partial charge in [0.2, 0.25) is 5.91 Å². The summed E-state index contributed by atoms with van der Waals surface area (Å²) in [6, 6.07) is 0. The Bertz CT molecular complexity index is 478. The Balaban J connectivity index is 4.74. The second-order valence-corrected chi connectivity index (χ2v) is 9.66. The lowest BCUT2D eigenvalue weighted by Gasteiger charge is -2.53. The van der Waals surface area contributed by atoms with Crippen LogP contribution in [-0.4, -0.2) is 44.7 Å². The molecule has 29 heavy (non-hydrogen) atoms. The standard InChI is InChI=1S/C24H43NO4/c1-9-20(26)14-11-12-16-28-18-24(22(3,4)5,23(6,7)8)19-29-17-13-15-25-21(27)10-2/h9-10H,1-2,11-19H2,3-8H3,(H,25,27). The molecule has 0 rings (SSSR count). The highest BCUT2D eigenvalue weighted by Crippen LogP contribution is 2.52. The van der Waals surface area contributed by atoms with Gasteiger partial charge in [-0.15, -0.1) is 0 Å². The molecule has 5 heteroatoms. The summed E-state index contributed by atoms with van der Waals surface area (Å²) in [5.41, 5.74) is -0.233. The summed E-state index contributed by atoms with van der Waals surface area (Å²) in [5.74, 6) is -0.0756. The molecule has 0 aliphatic heterocycles. The van der Waals surface area contributed by atoms with Gasteiger partial charge in [-0.2, -0.15) is 0 Å². The molecule has 1 amide bonds. The van der Waals surface area contributed by atoms with Crippen molar-refractivity contribution in [3.8, 4) is 0 Å². The lowest BCUT2D eigenvalue weighted by Crippen LogP contribution is -2.53. The van der Waals surface area contributed by atoms with Crippen LogP contribution in [0.15, 0.2) is 25.3 Å². The van der Waals surface area contributed by atoms with Gasteiger partial charge in [-0.05, 0) is 42.2 Å². The van der Waals surface area contributed by atoms with Gasteiger partial charge < -0.3 is 14.8 Å². The van der Waals surface area contributed by atoms with Crippen molar-refractivity contribution >= 4 is 11.7 Å². The van der Waals surface area contributed by atoms with Crippen molar-refractivity contribution in [1.82, 2.24) is 5.32 Å². The van der Waals surface area contributed by atoms with Gasteiger partial charge in [0.05, 0.1) is 13.2 Å². The fourth-order valence-electron chi connectivity index (χ4n) is 3.59. The number of carbonyl (C=O) groups excluding carboxylic acids is 2. The predicted octanol–water partition coefficient (Wildman–Crippen LogP) is 4.72. The van der Waals surface area contributed by atoms with E-state index in [-0.39, 0.29) is 27.9 Å². The first-order valence-electron chi connectivity index (χ1n) is 10.6. The van der Waals surface area contributed by atoms with Crippen LogP contribution in [0.1, 0.15) is 67.2 Å². The zero-order valence-corrected chi connectivity index (χ0v) is 19.6. The fraction of sp³-hybridized carbons (Fsp3) is 0.750. The summed E-state index contributed by atoms with van der Waals surface area (Å²) in [4.78, 5) is 22.5. The van der Waals surface area contributed by atoms with Crippen LogP contribution in [0.5, 0.6) is 0 Å². The first-order chi connectivity index (χ1) is 13.4. The van der Waals surface area contributed by atoms with Crippen LogP contribution in [0, 0.1) is 16.2 Å². The third-order valence-corrected chi connectivity index (χ3v) is 5.71. The fourth-order valence-corrected chi connectivity index (χ4v) is 3.59. The molecule has 0 radical (unpaired) electrons. The SMILES string of the molecule is C=CC(=O)CCCCOCC(COCCCNC(=O)C=C)(C(C)(C)C)C(C)(C)C. The number of hydrogen-bond donors (Lipinski definition) is 1. The van der Waals surface area contributed by atoms with E-state index in [1.165, 1.54) is 12.2 Å². The lowest BCUT2D eigenvalue weighted by molar-refractivity contribution is -0.143. The van der Waals surface area contributed by atoms with E-state index in [1.54, 1.807) is 0 Å². The Morgan fingerprint density at radius 1 is 0.828 bits per heavy atom. The molecule has 0 aromatic rings. The van der Waals surface area contributed by atoms with Gasteiger partial charge in [-0.1, -0.05) is 54.7 Å². The molecule has 0 aromatic carbocycles. The number of rotatable bonds is 15. The highest BCUT2D eigenvalue weighted by atomic mass is 16.5. The summed E-state index contributed by atoms with van der Waals surface area (Å²) in [5, 5.41) is 2.76. The Morgan fingerprint density at radius 2 is 1.34 bits per heavy atom. The second-order valence-electron chi connectivity index (χ2n) is 9.66. The number of ketones is 1. The second kappa shape index (κ2) is 13.0. The minimum absolute atomic E-state index is 0.0267. The van der Waals surface area contributed by atoms with Crippen molar-refractivity contribution in [2.75, 3.05) is 33.0 Å². The van der Waals surface area contributed by atoms with E-state index in [9.17, 15) is 9.59 Å². The van der Waals surface area contributed by atoms with Crippen LogP contribution in [0.4, 0.5) is 0 Å². The molecule has 0 saturated carbocycles. The minimum Gasteiger partial charge on any atom is -0.381 e. The topological polar surface area (TPSA) is 64.6 Å². The maximum absolute atomic E-state index is 11.3. The monoisotopic (exact) mass is 409 g/mol. The van der Waals surface area contributed by atoms with Crippen molar-refractivity contribution < 1.29 is 19.1 Å². The van der Waals surface area contributed by atoms with Crippen LogP contribution >= 0.6 is 0 Å². The van der Waals surface area contributed by atoms with Gasteiger partial charge in [-0.25, -0.2) is 0 Å². The molecule has 0 atom stereocenters. The molecule has 1 N–H and O–H groups in total. The van der Waals surface area contributed by atoms with Crippen LogP contribution in [-0.2, 0) is 19.1 Å². The zero-order valence-electron chi connectivity index (χ0n) is 19.6. The number of ether oxygens (including phenoxy) is 2. The van der Waals surface area contributed by atoms with Crippen molar-refractivity contribution in [2.24, 2.45) is 16.2 Å². The van der Waals surface area contributed by atoms with Crippen LogP contribution in [0.3, 0.4) is 0 Å². The molecule has 0 aliphatic carbocycles. The molecule has 0 aliphatic rings. The molecule has 0 fully saturated rings. The lowest BCUT2D eigenvalue weighted by atomic mass is 9.55. The van der Waals surface area contributed by atoms with Gasteiger partial charge in [-0.3, -0.25) is 9.59 Å². The van der Waals surface area contributed by atoms with Gasteiger partial charge in [0, 0.05) is 31.6 Å². The third-order valence-electron chi connectivity index (χ3n) is 5.71. The number of hydrogen-bond acceptors (Lipinski definition) is 4. The zero-order chi connectivity index (χ0) is 22.6. The molecule has 0 bridgehead atoms. The first-order valence-corrected chi connectivity index (χ1v) is 10.6. The summed E-state index contributed by atoms with van der Waals surface area (Å²) >= 11 is 0. The molecule has 0 heterocycles. The molecular formula is C24H43NO4. The van der Waals surface area contributed by atoms with Gasteiger partial charge in [0.25, 0.3) is 0 Å². The molecule has 168 valence electrons.